The number of aromatic nitrogens is 1. The second-order valence-corrected chi connectivity index (χ2v) is 6.24. The number of carbonyl (C=O) groups excluding carboxylic acids is 1. The molecule has 2 N–H and O–H groups in total. The lowest BCUT2D eigenvalue weighted by Gasteiger charge is -2.11. The van der Waals surface area contributed by atoms with Crippen LogP contribution in [0, 0.1) is 0 Å². The molecular weight excluding hydrogens is 284 g/mol. The monoisotopic (exact) mass is 298 g/mol. The average molecular weight is 299 g/mol. The summed E-state index contributed by atoms with van der Waals surface area (Å²) >= 11 is 7.22. The molecule has 0 aliphatic heterocycles. The normalized spacial score (nSPS) is 10.9. The first-order valence-electron chi connectivity index (χ1n) is 5.86. The maximum Gasteiger partial charge on any atom is 0.355 e. The van der Waals surface area contributed by atoms with Gasteiger partial charge in [0.2, 0.25) is 0 Å². The first-order valence-corrected chi connectivity index (χ1v) is 7.05. The van der Waals surface area contributed by atoms with Gasteiger partial charge in [-0.2, -0.15) is 0 Å². The quantitative estimate of drug-likeness (QED) is 0.875. The van der Waals surface area contributed by atoms with Crippen LogP contribution in [-0.2, 0) is 11.3 Å². The standard InChI is InChI=1S/C13H15ClN2O2S/c1-8(2)16-6-9(15)5-11(16)13(17)18-7-10-3-4-12(14)19-10/h3-6,8H,7,15H2,1-2H3. The van der Waals surface area contributed by atoms with Gasteiger partial charge in [-0.15, -0.1) is 11.3 Å². The molecule has 0 aromatic carbocycles. The highest BCUT2D eigenvalue weighted by Gasteiger charge is 2.16. The van der Waals surface area contributed by atoms with E-state index in [1.54, 1.807) is 22.9 Å². The van der Waals surface area contributed by atoms with Crippen LogP contribution in [0.1, 0.15) is 35.3 Å². The second kappa shape index (κ2) is 5.67. The SMILES string of the molecule is CC(C)n1cc(N)cc1C(=O)OCc1ccc(Cl)s1. The van der Waals surface area contributed by atoms with Gasteiger partial charge < -0.3 is 15.0 Å². The molecule has 2 heterocycles. The molecule has 4 nitrogen and oxygen atoms in total. The van der Waals surface area contributed by atoms with Crippen molar-refractivity contribution in [1.29, 1.82) is 0 Å². The number of rotatable bonds is 4. The van der Waals surface area contributed by atoms with Crippen LogP contribution in [-0.4, -0.2) is 10.5 Å². The van der Waals surface area contributed by atoms with E-state index in [2.05, 4.69) is 0 Å². The van der Waals surface area contributed by atoms with E-state index in [0.717, 1.165) is 4.88 Å². The van der Waals surface area contributed by atoms with Crippen molar-refractivity contribution in [2.24, 2.45) is 0 Å². The van der Waals surface area contributed by atoms with E-state index in [1.165, 1.54) is 11.3 Å². The Balaban J connectivity index is 2.07. The van der Waals surface area contributed by atoms with Gasteiger partial charge in [0.15, 0.2) is 0 Å². The predicted molar refractivity (Wildman–Crippen MR) is 77.7 cm³/mol. The first kappa shape index (κ1) is 14.0. The van der Waals surface area contributed by atoms with Crippen molar-refractivity contribution in [2.75, 3.05) is 5.73 Å². The fourth-order valence-electron chi connectivity index (χ4n) is 1.73. The largest absolute Gasteiger partial charge is 0.455 e. The Hall–Kier alpha value is -1.46. The molecule has 19 heavy (non-hydrogen) atoms. The molecule has 0 fully saturated rings. The number of carbonyl (C=O) groups is 1. The molecule has 0 saturated carbocycles. The summed E-state index contributed by atoms with van der Waals surface area (Å²) in [6, 6.07) is 5.40. The predicted octanol–water partition coefficient (Wildman–Crippen LogP) is 3.72. The Bertz CT molecular complexity index is 589. The number of thiophene rings is 1. The summed E-state index contributed by atoms with van der Waals surface area (Å²) in [6.07, 6.45) is 1.74. The van der Waals surface area contributed by atoms with Gasteiger partial charge in [-0.05, 0) is 32.0 Å². The van der Waals surface area contributed by atoms with Crippen LogP contribution >= 0.6 is 22.9 Å². The number of ether oxygens (including phenoxy) is 1. The molecule has 2 aromatic heterocycles. The van der Waals surface area contributed by atoms with Gasteiger partial charge in [0, 0.05) is 17.1 Å². The number of halogens is 1. The third-order valence-electron chi connectivity index (χ3n) is 2.61. The lowest BCUT2D eigenvalue weighted by Crippen LogP contribution is -2.12. The van der Waals surface area contributed by atoms with E-state index in [0.29, 0.717) is 15.7 Å². The van der Waals surface area contributed by atoms with Gasteiger partial charge in [-0.25, -0.2) is 4.79 Å². The Morgan fingerprint density at radius 3 is 2.84 bits per heavy atom. The van der Waals surface area contributed by atoms with Crippen molar-refractivity contribution in [3.05, 3.63) is 39.3 Å². The molecule has 0 atom stereocenters. The zero-order valence-electron chi connectivity index (χ0n) is 10.7. The Kier molecular flexibility index (Phi) is 4.17. The molecule has 0 saturated heterocycles. The summed E-state index contributed by atoms with van der Waals surface area (Å²) in [4.78, 5) is 12.9. The summed E-state index contributed by atoms with van der Waals surface area (Å²) in [6.45, 7) is 4.18. The molecule has 102 valence electrons. The Labute approximate surface area is 120 Å². The Morgan fingerprint density at radius 2 is 2.26 bits per heavy atom. The minimum atomic E-state index is -0.380. The van der Waals surface area contributed by atoms with Crippen LogP contribution in [0.5, 0.6) is 0 Å². The number of nitrogens with two attached hydrogens (primary N) is 1. The lowest BCUT2D eigenvalue weighted by atomic mass is 10.3. The van der Waals surface area contributed by atoms with E-state index in [1.807, 2.05) is 19.9 Å². The summed E-state index contributed by atoms with van der Waals surface area (Å²) in [7, 11) is 0. The van der Waals surface area contributed by atoms with Gasteiger partial charge in [-0.1, -0.05) is 11.6 Å². The fraction of sp³-hybridized carbons (Fsp3) is 0.308. The first-order chi connectivity index (χ1) is 8.97. The number of nitrogens with zero attached hydrogens (tertiary/aromatic N) is 1. The van der Waals surface area contributed by atoms with E-state index >= 15 is 0 Å². The zero-order valence-corrected chi connectivity index (χ0v) is 12.3. The highest BCUT2D eigenvalue weighted by molar-refractivity contribution is 7.16. The smallest absolute Gasteiger partial charge is 0.355 e. The summed E-state index contributed by atoms with van der Waals surface area (Å²) in [5.41, 5.74) is 6.74. The van der Waals surface area contributed by atoms with Crippen LogP contribution < -0.4 is 5.73 Å². The molecule has 0 bridgehead atoms. The molecule has 0 aliphatic rings. The van der Waals surface area contributed by atoms with Crippen molar-refractivity contribution in [1.82, 2.24) is 4.57 Å². The molecule has 2 rings (SSSR count). The van der Waals surface area contributed by atoms with Crippen LogP contribution in [0.2, 0.25) is 4.34 Å². The van der Waals surface area contributed by atoms with Crippen molar-refractivity contribution >= 4 is 34.6 Å². The van der Waals surface area contributed by atoms with Crippen molar-refractivity contribution in [2.45, 2.75) is 26.5 Å². The molecule has 6 heteroatoms. The van der Waals surface area contributed by atoms with Crippen LogP contribution in [0.3, 0.4) is 0 Å². The van der Waals surface area contributed by atoms with Crippen molar-refractivity contribution in [3.8, 4) is 0 Å². The minimum absolute atomic E-state index is 0.149. The molecule has 0 radical (unpaired) electrons. The van der Waals surface area contributed by atoms with Gasteiger partial charge in [0.05, 0.1) is 10.0 Å². The van der Waals surface area contributed by atoms with Crippen LogP contribution in [0.15, 0.2) is 24.4 Å². The second-order valence-electron chi connectivity index (χ2n) is 4.44. The van der Waals surface area contributed by atoms with Gasteiger partial charge >= 0.3 is 5.97 Å². The molecule has 0 amide bonds. The van der Waals surface area contributed by atoms with Crippen molar-refractivity contribution < 1.29 is 9.53 Å². The van der Waals surface area contributed by atoms with Crippen LogP contribution in [0.4, 0.5) is 5.69 Å². The number of hydrogen-bond donors (Lipinski definition) is 1. The molecule has 0 unspecified atom stereocenters. The van der Waals surface area contributed by atoms with Crippen molar-refractivity contribution in [3.63, 3.8) is 0 Å². The maximum absolute atomic E-state index is 12.0. The summed E-state index contributed by atoms with van der Waals surface area (Å²) in [5.74, 6) is -0.380. The third kappa shape index (κ3) is 3.30. The third-order valence-corrected chi connectivity index (χ3v) is 3.81. The number of anilines is 1. The van der Waals surface area contributed by atoms with Gasteiger partial charge in [0.1, 0.15) is 12.3 Å². The maximum atomic E-state index is 12.0. The lowest BCUT2D eigenvalue weighted by molar-refractivity contribution is 0.0462. The summed E-state index contributed by atoms with van der Waals surface area (Å²) in [5, 5.41) is 0. The van der Waals surface area contributed by atoms with E-state index in [4.69, 9.17) is 22.1 Å². The average Bonchev–Trinajstić information content (AvgIpc) is 2.92. The van der Waals surface area contributed by atoms with Gasteiger partial charge in [0.25, 0.3) is 0 Å². The molecular formula is C13H15ClN2O2S. The highest BCUT2D eigenvalue weighted by Crippen LogP contribution is 2.23. The zero-order chi connectivity index (χ0) is 14.0. The minimum Gasteiger partial charge on any atom is -0.455 e. The molecule has 0 spiro atoms. The number of esters is 1. The van der Waals surface area contributed by atoms with E-state index in [9.17, 15) is 4.79 Å². The van der Waals surface area contributed by atoms with Crippen LogP contribution in [0.25, 0.3) is 0 Å². The molecule has 0 aliphatic carbocycles. The summed E-state index contributed by atoms with van der Waals surface area (Å²) < 4.78 is 7.75. The number of hydrogen-bond acceptors (Lipinski definition) is 4. The fourth-order valence-corrected chi connectivity index (χ4v) is 2.73. The molecule has 2 aromatic rings. The number of nitrogen functional groups attached to an aromatic ring is 1. The Morgan fingerprint density at radius 1 is 1.53 bits per heavy atom. The van der Waals surface area contributed by atoms with E-state index in [-0.39, 0.29) is 18.6 Å². The van der Waals surface area contributed by atoms with E-state index < -0.39 is 0 Å². The van der Waals surface area contributed by atoms with Gasteiger partial charge in [-0.3, -0.25) is 0 Å². The topological polar surface area (TPSA) is 57.2 Å². The highest BCUT2D eigenvalue weighted by atomic mass is 35.5.